The van der Waals surface area contributed by atoms with E-state index in [0.29, 0.717) is 5.56 Å². The molecule has 1 saturated carbocycles. The second kappa shape index (κ2) is 12.7. The van der Waals surface area contributed by atoms with E-state index in [0.717, 1.165) is 43.2 Å². The smallest absolute Gasteiger partial charge is 0.408 e. The minimum atomic E-state index is -1.09. The van der Waals surface area contributed by atoms with Crippen molar-refractivity contribution >= 4 is 23.8 Å². The normalized spacial score (nSPS) is 15.9. The molecular formula is C27H42N4O5. The molecule has 9 heteroatoms. The zero-order valence-corrected chi connectivity index (χ0v) is 22.5. The summed E-state index contributed by atoms with van der Waals surface area (Å²) in [4.78, 5) is 52.5. The number of likely N-dealkylation sites (N-methyl/N-ethyl adjacent to an activating group) is 1. The molecule has 9 nitrogen and oxygen atoms in total. The molecule has 36 heavy (non-hydrogen) atoms. The fourth-order valence-electron chi connectivity index (χ4n) is 4.55. The quantitative estimate of drug-likeness (QED) is 0.476. The van der Waals surface area contributed by atoms with Crippen LogP contribution in [0.1, 0.15) is 88.4 Å². The zero-order valence-electron chi connectivity index (χ0n) is 22.5. The highest BCUT2D eigenvalue weighted by Gasteiger charge is 2.35. The summed E-state index contributed by atoms with van der Waals surface area (Å²) in [6, 6.07) is 3.81. The van der Waals surface area contributed by atoms with E-state index in [-0.39, 0.29) is 24.8 Å². The maximum Gasteiger partial charge on any atom is 0.408 e. The summed E-state index contributed by atoms with van der Waals surface area (Å²) in [5.41, 5.74) is 7.18. The van der Waals surface area contributed by atoms with Crippen molar-refractivity contribution in [3.63, 3.8) is 0 Å². The molecule has 2 rings (SSSR count). The molecule has 4 N–H and O–H groups in total. The summed E-state index contributed by atoms with van der Waals surface area (Å²) >= 11 is 0. The molecule has 0 bridgehead atoms. The lowest BCUT2D eigenvalue weighted by Crippen LogP contribution is -2.52. The summed E-state index contributed by atoms with van der Waals surface area (Å²) in [6.45, 7) is 9.01. The van der Waals surface area contributed by atoms with E-state index in [9.17, 15) is 19.2 Å². The molecule has 0 heterocycles. The average Bonchev–Trinajstić information content (AvgIpc) is 2.77. The number of nitrogens with zero attached hydrogens (tertiary/aromatic N) is 1. The average molecular weight is 503 g/mol. The second-order valence-corrected chi connectivity index (χ2v) is 10.8. The van der Waals surface area contributed by atoms with Crippen LogP contribution < -0.4 is 16.4 Å². The van der Waals surface area contributed by atoms with E-state index in [1.54, 1.807) is 27.8 Å². The molecule has 0 saturated heterocycles. The molecule has 1 aliphatic rings. The second-order valence-electron chi connectivity index (χ2n) is 10.8. The van der Waals surface area contributed by atoms with E-state index in [1.165, 1.54) is 4.90 Å². The Labute approximate surface area is 214 Å². The molecular weight excluding hydrogens is 460 g/mol. The number of ether oxygens (including phenoxy) is 1. The van der Waals surface area contributed by atoms with Gasteiger partial charge in [-0.3, -0.25) is 14.4 Å². The first-order valence-electron chi connectivity index (χ1n) is 12.7. The number of amides is 4. The molecule has 2 atom stereocenters. The topological polar surface area (TPSA) is 131 Å². The van der Waals surface area contributed by atoms with Gasteiger partial charge < -0.3 is 26.0 Å². The number of rotatable bonds is 9. The third-order valence-electron chi connectivity index (χ3n) is 6.32. The summed E-state index contributed by atoms with van der Waals surface area (Å²) < 4.78 is 5.31. The summed E-state index contributed by atoms with van der Waals surface area (Å²) in [6.07, 6.45) is 4.18. The highest BCUT2D eigenvalue weighted by molar-refractivity contribution is 5.92. The number of aryl methyl sites for hydroxylation is 2. The number of carbonyl (C=O) groups is 4. The maximum atomic E-state index is 13.7. The van der Waals surface area contributed by atoms with Crippen LogP contribution in [0, 0.1) is 13.8 Å². The first-order chi connectivity index (χ1) is 16.8. The largest absolute Gasteiger partial charge is 0.444 e. The first-order valence-corrected chi connectivity index (χ1v) is 12.7. The van der Waals surface area contributed by atoms with Gasteiger partial charge in [0.1, 0.15) is 17.7 Å². The molecule has 0 aliphatic heterocycles. The van der Waals surface area contributed by atoms with Crippen LogP contribution in [0.2, 0.25) is 0 Å². The van der Waals surface area contributed by atoms with Crippen LogP contribution >= 0.6 is 0 Å². The molecule has 4 amide bonds. The summed E-state index contributed by atoms with van der Waals surface area (Å²) in [5.74, 6) is -1.37. The minimum absolute atomic E-state index is 0.0123. The predicted octanol–water partition coefficient (Wildman–Crippen LogP) is 3.41. The van der Waals surface area contributed by atoms with Gasteiger partial charge in [0.15, 0.2) is 0 Å². The Morgan fingerprint density at radius 1 is 1.11 bits per heavy atom. The maximum absolute atomic E-state index is 13.7. The van der Waals surface area contributed by atoms with Gasteiger partial charge in [-0.05, 0) is 65.0 Å². The van der Waals surface area contributed by atoms with Crippen molar-refractivity contribution in [1.29, 1.82) is 0 Å². The van der Waals surface area contributed by atoms with Gasteiger partial charge in [-0.2, -0.15) is 0 Å². The van der Waals surface area contributed by atoms with Gasteiger partial charge in [0.25, 0.3) is 0 Å². The van der Waals surface area contributed by atoms with Crippen LogP contribution in [0.15, 0.2) is 18.2 Å². The monoisotopic (exact) mass is 502 g/mol. The van der Waals surface area contributed by atoms with Crippen LogP contribution in [0.5, 0.6) is 0 Å². The summed E-state index contributed by atoms with van der Waals surface area (Å²) in [5, 5.41) is 5.71. The van der Waals surface area contributed by atoms with Crippen molar-refractivity contribution in [2.75, 3.05) is 7.05 Å². The molecule has 2 unspecified atom stereocenters. The highest BCUT2D eigenvalue weighted by atomic mass is 16.6. The number of primary amides is 1. The van der Waals surface area contributed by atoms with E-state index < -0.39 is 35.6 Å². The predicted molar refractivity (Wildman–Crippen MR) is 138 cm³/mol. The van der Waals surface area contributed by atoms with Crippen LogP contribution in [0.4, 0.5) is 4.79 Å². The number of carbonyl (C=O) groups excluding carboxylic acids is 4. The van der Waals surface area contributed by atoms with Crippen molar-refractivity contribution in [3.05, 3.63) is 34.9 Å². The minimum Gasteiger partial charge on any atom is -0.444 e. The van der Waals surface area contributed by atoms with Gasteiger partial charge in [0, 0.05) is 19.5 Å². The highest BCUT2D eigenvalue weighted by Crippen LogP contribution is 2.27. The van der Waals surface area contributed by atoms with Gasteiger partial charge >= 0.3 is 6.09 Å². The molecule has 0 spiro atoms. The lowest BCUT2D eigenvalue weighted by atomic mass is 9.93. The van der Waals surface area contributed by atoms with E-state index in [1.807, 2.05) is 32.0 Å². The van der Waals surface area contributed by atoms with Crippen LogP contribution in [-0.2, 0) is 19.1 Å². The number of hydrogen-bond acceptors (Lipinski definition) is 5. The van der Waals surface area contributed by atoms with Gasteiger partial charge in [-0.15, -0.1) is 0 Å². The number of nitrogens with two attached hydrogens (primary N) is 1. The Morgan fingerprint density at radius 2 is 1.75 bits per heavy atom. The first kappa shape index (κ1) is 29.1. The van der Waals surface area contributed by atoms with Crippen molar-refractivity contribution in [2.45, 2.75) is 103 Å². The Kier molecular flexibility index (Phi) is 10.3. The standard InChI is InChI=1S/C27H42N4O5/c1-17-12-13-20(18(2)16-17)23(24(33)29-19-10-8-7-9-11-19)31(6)25(34)21(14-15-22(28)32)30-26(35)36-27(3,4)5/h12-13,16,19,21,23H,7-11,14-15H2,1-6H3,(H2,28,32)(H,29,33)(H,30,35). The molecule has 1 aromatic rings. The third kappa shape index (κ3) is 8.84. The molecule has 1 aromatic carbocycles. The van der Waals surface area contributed by atoms with Crippen LogP contribution in [-0.4, -0.2) is 53.4 Å². The van der Waals surface area contributed by atoms with E-state index in [2.05, 4.69) is 10.6 Å². The molecule has 0 radical (unpaired) electrons. The Balaban J connectivity index is 2.35. The molecule has 0 aromatic heterocycles. The van der Waals surface area contributed by atoms with Gasteiger partial charge in [0.05, 0.1) is 0 Å². The Morgan fingerprint density at radius 3 is 2.31 bits per heavy atom. The van der Waals surface area contributed by atoms with E-state index >= 15 is 0 Å². The lowest BCUT2D eigenvalue weighted by Gasteiger charge is -2.34. The number of alkyl carbamates (subject to hydrolysis) is 1. The van der Waals surface area contributed by atoms with Crippen LogP contribution in [0.3, 0.4) is 0 Å². The molecule has 200 valence electrons. The number of hydrogen-bond donors (Lipinski definition) is 3. The van der Waals surface area contributed by atoms with Crippen molar-refractivity contribution < 1.29 is 23.9 Å². The van der Waals surface area contributed by atoms with Gasteiger partial charge in [0.2, 0.25) is 17.7 Å². The lowest BCUT2D eigenvalue weighted by molar-refractivity contribution is -0.141. The molecule has 1 fully saturated rings. The summed E-state index contributed by atoms with van der Waals surface area (Å²) in [7, 11) is 1.54. The van der Waals surface area contributed by atoms with Gasteiger partial charge in [-0.1, -0.05) is 43.0 Å². The van der Waals surface area contributed by atoms with Crippen molar-refractivity contribution in [3.8, 4) is 0 Å². The molecule has 1 aliphatic carbocycles. The fourth-order valence-corrected chi connectivity index (χ4v) is 4.55. The Bertz CT molecular complexity index is 950. The third-order valence-corrected chi connectivity index (χ3v) is 6.32. The zero-order chi connectivity index (χ0) is 27.0. The number of benzene rings is 1. The Hall–Kier alpha value is -3.10. The van der Waals surface area contributed by atoms with E-state index in [4.69, 9.17) is 10.5 Å². The van der Waals surface area contributed by atoms with Crippen LogP contribution in [0.25, 0.3) is 0 Å². The fraction of sp³-hybridized carbons (Fsp3) is 0.630. The van der Waals surface area contributed by atoms with Crippen molar-refractivity contribution in [2.24, 2.45) is 5.73 Å². The SMILES string of the molecule is Cc1ccc(C(C(=O)NC2CCCCC2)N(C)C(=O)C(CCC(N)=O)NC(=O)OC(C)(C)C)c(C)c1. The van der Waals surface area contributed by atoms with Crippen molar-refractivity contribution in [1.82, 2.24) is 15.5 Å². The number of nitrogens with one attached hydrogen (secondary N) is 2. The van der Waals surface area contributed by atoms with Gasteiger partial charge in [-0.25, -0.2) is 4.79 Å².